The van der Waals surface area contributed by atoms with Gasteiger partial charge in [0.1, 0.15) is 17.1 Å². The van der Waals surface area contributed by atoms with Crippen LogP contribution in [0.4, 0.5) is 0 Å². The van der Waals surface area contributed by atoms with Gasteiger partial charge in [0.15, 0.2) is 0 Å². The van der Waals surface area contributed by atoms with Crippen LogP contribution in [-0.2, 0) is 9.53 Å². The van der Waals surface area contributed by atoms with Crippen LogP contribution in [0.15, 0.2) is 57.7 Å². The maximum atomic E-state index is 12.6. The van der Waals surface area contributed by atoms with Crippen LogP contribution in [0, 0.1) is 0 Å². The van der Waals surface area contributed by atoms with Gasteiger partial charge in [-0.15, -0.1) is 0 Å². The SMILES string of the molecule is COC(=O)C[C@H](c1ccccc1OC)c1c(O)c2ccccc2oc1=O. The van der Waals surface area contributed by atoms with E-state index in [4.69, 9.17) is 13.9 Å². The number of para-hydroxylation sites is 2. The Morgan fingerprint density at radius 1 is 1.12 bits per heavy atom. The largest absolute Gasteiger partial charge is 0.507 e. The molecule has 0 radical (unpaired) electrons. The molecule has 0 amide bonds. The van der Waals surface area contributed by atoms with Crippen LogP contribution < -0.4 is 10.4 Å². The minimum Gasteiger partial charge on any atom is -0.507 e. The molecule has 1 N–H and O–H groups in total. The minimum absolute atomic E-state index is 0.00130. The second-order valence-electron chi connectivity index (χ2n) is 5.72. The topological polar surface area (TPSA) is 86.0 Å². The lowest BCUT2D eigenvalue weighted by atomic mass is 9.87. The average Bonchev–Trinajstić information content (AvgIpc) is 2.67. The van der Waals surface area contributed by atoms with Crippen LogP contribution in [0.1, 0.15) is 23.5 Å². The number of hydrogen-bond acceptors (Lipinski definition) is 6. The summed E-state index contributed by atoms with van der Waals surface area (Å²) in [6.45, 7) is 0. The summed E-state index contributed by atoms with van der Waals surface area (Å²) < 4.78 is 15.5. The van der Waals surface area contributed by atoms with Gasteiger partial charge in [-0.05, 0) is 18.2 Å². The van der Waals surface area contributed by atoms with Gasteiger partial charge in [0.05, 0.1) is 31.6 Å². The summed E-state index contributed by atoms with van der Waals surface area (Å²) in [5.41, 5.74) is 0.147. The van der Waals surface area contributed by atoms with Gasteiger partial charge >= 0.3 is 11.6 Å². The van der Waals surface area contributed by atoms with Crippen molar-refractivity contribution in [1.82, 2.24) is 0 Å². The highest BCUT2D eigenvalue weighted by atomic mass is 16.5. The Morgan fingerprint density at radius 2 is 1.81 bits per heavy atom. The molecule has 26 heavy (non-hydrogen) atoms. The summed E-state index contributed by atoms with van der Waals surface area (Å²) in [6, 6.07) is 13.7. The Balaban J connectivity index is 2.27. The van der Waals surface area contributed by atoms with E-state index in [0.717, 1.165) is 0 Å². The van der Waals surface area contributed by atoms with E-state index >= 15 is 0 Å². The number of rotatable bonds is 5. The van der Waals surface area contributed by atoms with E-state index in [1.165, 1.54) is 14.2 Å². The van der Waals surface area contributed by atoms with Gasteiger partial charge in [-0.3, -0.25) is 4.79 Å². The standard InChI is InChI=1S/C20H18O6/c1-24-15-9-5-3-7-12(15)14(11-17(21)25-2)18-19(22)13-8-4-6-10-16(13)26-20(18)23/h3-10,14,22H,11H2,1-2H3/t14-/m1/s1. The van der Waals surface area contributed by atoms with E-state index in [-0.39, 0.29) is 23.3 Å². The van der Waals surface area contributed by atoms with E-state index in [1.807, 2.05) is 0 Å². The highest BCUT2D eigenvalue weighted by Crippen LogP contribution is 2.39. The Kier molecular flexibility index (Phi) is 4.93. The monoisotopic (exact) mass is 354 g/mol. The first-order valence-corrected chi connectivity index (χ1v) is 8.01. The third-order valence-corrected chi connectivity index (χ3v) is 4.28. The molecule has 0 spiro atoms. The fraction of sp³-hybridized carbons (Fsp3) is 0.200. The predicted molar refractivity (Wildman–Crippen MR) is 95.6 cm³/mol. The van der Waals surface area contributed by atoms with E-state index < -0.39 is 17.5 Å². The molecule has 0 saturated heterocycles. The molecule has 3 rings (SSSR count). The number of esters is 1. The van der Waals surface area contributed by atoms with Crippen molar-refractivity contribution in [3.05, 3.63) is 70.1 Å². The third-order valence-electron chi connectivity index (χ3n) is 4.28. The maximum Gasteiger partial charge on any atom is 0.343 e. The average molecular weight is 354 g/mol. The highest BCUT2D eigenvalue weighted by Gasteiger charge is 2.29. The molecule has 1 atom stereocenters. The van der Waals surface area contributed by atoms with Gasteiger partial charge in [0.2, 0.25) is 0 Å². The molecular formula is C20H18O6. The number of methoxy groups -OCH3 is 2. The van der Waals surface area contributed by atoms with Gasteiger partial charge in [-0.25, -0.2) is 4.79 Å². The normalized spacial score (nSPS) is 11.9. The van der Waals surface area contributed by atoms with Gasteiger partial charge in [0, 0.05) is 11.5 Å². The lowest BCUT2D eigenvalue weighted by Gasteiger charge is -2.19. The van der Waals surface area contributed by atoms with Crippen molar-refractivity contribution >= 4 is 16.9 Å². The number of hydrogen-bond donors (Lipinski definition) is 1. The number of ether oxygens (including phenoxy) is 2. The van der Waals surface area contributed by atoms with Gasteiger partial charge in [0.25, 0.3) is 0 Å². The number of benzene rings is 2. The van der Waals surface area contributed by atoms with E-state index in [0.29, 0.717) is 16.7 Å². The number of carbonyl (C=O) groups excluding carboxylic acids is 1. The molecule has 0 aliphatic carbocycles. The molecule has 0 aliphatic rings. The van der Waals surface area contributed by atoms with Gasteiger partial charge in [-0.2, -0.15) is 0 Å². The molecule has 3 aromatic rings. The molecule has 0 bridgehead atoms. The Bertz CT molecular complexity index is 1000. The molecule has 0 fully saturated rings. The molecule has 134 valence electrons. The zero-order valence-corrected chi connectivity index (χ0v) is 14.4. The molecule has 6 nitrogen and oxygen atoms in total. The zero-order chi connectivity index (χ0) is 18.7. The molecular weight excluding hydrogens is 336 g/mol. The summed E-state index contributed by atoms with van der Waals surface area (Å²) >= 11 is 0. The first-order chi connectivity index (χ1) is 12.6. The van der Waals surface area contributed by atoms with Crippen LogP contribution >= 0.6 is 0 Å². The van der Waals surface area contributed by atoms with E-state index in [1.54, 1.807) is 48.5 Å². The highest BCUT2D eigenvalue weighted by molar-refractivity contribution is 5.85. The summed E-state index contributed by atoms with van der Waals surface area (Å²) in [5.74, 6) is -1.02. The fourth-order valence-electron chi connectivity index (χ4n) is 3.03. The summed E-state index contributed by atoms with van der Waals surface area (Å²) in [5, 5.41) is 11.2. The third kappa shape index (κ3) is 3.13. The van der Waals surface area contributed by atoms with Crippen molar-refractivity contribution < 1.29 is 23.8 Å². The lowest BCUT2D eigenvalue weighted by Crippen LogP contribution is -2.18. The fourth-order valence-corrected chi connectivity index (χ4v) is 3.03. The van der Waals surface area contributed by atoms with E-state index in [2.05, 4.69) is 0 Å². The predicted octanol–water partition coefficient (Wildman–Crippen LogP) is 3.20. The molecule has 0 aliphatic heterocycles. The van der Waals surface area contributed by atoms with Crippen LogP contribution in [0.2, 0.25) is 0 Å². The van der Waals surface area contributed by atoms with Crippen molar-refractivity contribution in [2.24, 2.45) is 0 Å². The lowest BCUT2D eigenvalue weighted by molar-refractivity contribution is -0.140. The molecule has 6 heteroatoms. The first-order valence-electron chi connectivity index (χ1n) is 8.01. The van der Waals surface area contributed by atoms with Crippen LogP contribution in [0.3, 0.4) is 0 Å². The Hall–Kier alpha value is -3.28. The molecule has 1 aromatic heterocycles. The molecule has 0 unspecified atom stereocenters. The van der Waals surface area contributed by atoms with Crippen LogP contribution in [0.25, 0.3) is 11.0 Å². The van der Waals surface area contributed by atoms with Crippen molar-refractivity contribution in [2.75, 3.05) is 14.2 Å². The Labute approximate surface area is 149 Å². The molecule has 2 aromatic carbocycles. The Morgan fingerprint density at radius 3 is 2.54 bits per heavy atom. The second-order valence-corrected chi connectivity index (χ2v) is 5.72. The summed E-state index contributed by atoms with van der Waals surface area (Å²) in [4.78, 5) is 24.6. The van der Waals surface area contributed by atoms with Gasteiger partial charge < -0.3 is 19.0 Å². The van der Waals surface area contributed by atoms with Crippen LogP contribution in [-0.4, -0.2) is 25.3 Å². The van der Waals surface area contributed by atoms with E-state index in [9.17, 15) is 14.7 Å². The van der Waals surface area contributed by atoms with Gasteiger partial charge in [-0.1, -0.05) is 30.3 Å². The maximum absolute atomic E-state index is 12.6. The molecule has 0 saturated carbocycles. The number of carbonyl (C=O) groups is 1. The summed E-state index contributed by atoms with van der Waals surface area (Å²) in [6.07, 6.45) is -0.145. The quantitative estimate of drug-likeness (QED) is 0.559. The molecule has 1 heterocycles. The second kappa shape index (κ2) is 7.31. The number of aromatic hydroxyl groups is 1. The first kappa shape index (κ1) is 17.5. The van der Waals surface area contributed by atoms with Crippen molar-refractivity contribution in [3.63, 3.8) is 0 Å². The summed E-state index contributed by atoms with van der Waals surface area (Å²) in [7, 11) is 2.76. The zero-order valence-electron chi connectivity index (χ0n) is 14.4. The smallest absolute Gasteiger partial charge is 0.343 e. The van der Waals surface area contributed by atoms with Crippen LogP contribution in [0.5, 0.6) is 11.5 Å². The minimum atomic E-state index is -0.778. The van der Waals surface area contributed by atoms with Crippen molar-refractivity contribution in [1.29, 1.82) is 0 Å². The van der Waals surface area contributed by atoms with Crippen molar-refractivity contribution in [3.8, 4) is 11.5 Å². The number of fused-ring (bicyclic) bond motifs is 1. The van der Waals surface area contributed by atoms with Crippen molar-refractivity contribution in [2.45, 2.75) is 12.3 Å².